The van der Waals surface area contributed by atoms with Crippen molar-refractivity contribution in [1.29, 1.82) is 0 Å². The maximum absolute atomic E-state index is 13.2. The molecule has 0 bridgehead atoms. The molecule has 0 spiro atoms. The van der Waals surface area contributed by atoms with E-state index in [4.69, 9.17) is 9.73 Å². The van der Waals surface area contributed by atoms with Crippen molar-refractivity contribution in [3.63, 3.8) is 0 Å². The first kappa shape index (κ1) is 22.9. The van der Waals surface area contributed by atoms with Gasteiger partial charge in [-0.25, -0.2) is 4.99 Å². The smallest absolute Gasteiger partial charge is 0.271 e. The van der Waals surface area contributed by atoms with Gasteiger partial charge in [0.25, 0.3) is 5.69 Å². The lowest BCUT2D eigenvalue weighted by Gasteiger charge is -2.20. The van der Waals surface area contributed by atoms with Crippen LogP contribution in [0.4, 0.5) is 17.1 Å². The fourth-order valence-corrected chi connectivity index (χ4v) is 4.91. The molecule has 4 rings (SSSR count). The minimum atomic E-state index is -0.632. The number of aryl methyl sites for hydroxylation is 1. The molecule has 2 aliphatic rings. The maximum atomic E-state index is 13.2. The van der Waals surface area contributed by atoms with Crippen LogP contribution < -0.4 is 5.32 Å². The number of hydrogen-bond acceptors (Lipinski definition) is 7. The van der Waals surface area contributed by atoms with Crippen molar-refractivity contribution in [3.8, 4) is 0 Å². The maximum Gasteiger partial charge on any atom is 0.271 e. The number of ether oxygens (including phenoxy) is 1. The zero-order valence-electron chi connectivity index (χ0n) is 18.1. The number of amidine groups is 1. The van der Waals surface area contributed by atoms with Gasteiger partial charge in [0.2, 0.25) is 11.8 Å². The van der Waals surface area contributed by atoms with Gasteiger partial charge in [-0.15, -0.1) is 0 Å². The molecule has 33 heavy (non-hydrogen) atoms. The van der Waals surface area contributed by atoms with E-state index in [0.29, 0.717) is 24.0 Å². The van der Waals surface area contributed by atoms with Gasteiger partial charge in [-0.05, 0) is 37.5 Å². The minimum absolute atomic E-state index is 0.0472. The van der Waals surface area contributed by atoms with Crippen molar-refractivity contribution in [2.75, 3.05) is 18.5 Å². The molecular weight excluding hydrogens is 444 g/mol. The van der Waals surface area contributed by atoms with Crippen LogP contribution in [0.1, 0.15) is 24.8 Å². The Balaban J connectivity index is 1.50. The van der Waals surface area contributed by atoms with Crippen LogP contribution in [0.15, 0.2) is 53.5 Å². The van der Waals surface area contributed by atoms with Crippen LogP contribution in [-0.4, -0.2) is 51.3 Å². The molecular formula is C23H24N4O5S. The third-order valence-corrected chi connectivity index (χ3v) is 6.65. The van der Waals surface area contributed by atoms with E-state index in [-0.39, 0.29) is 24.1 Å². The lowest BCUT2D eigenvalue weighted by atomic mass is 10.2. The third kappa shape index (κ3) is 5.58. The number of aliphatic imine (C=N–C) groups is 1. The molecule has 2 amide bonds. The zero-order chi connectivity index (χ0) is 23.4. The van der Waals surface area contributed by atoms with E-state index in [1.54, 1.807) is 11.0 Å². The van der Waals surface area contributed by atoms with Gasteiger partial charge in [-0.2, -0.15) is 0 Å². The van der Waals surface area contributed by atoms with E-state index >= 15 is 0 Å². The largest absolute Gasteiger partial charge is 0.376 e. The normalized spacial score (nSPS) is 21.5. The summed E-state index contributed by atoms with van der Waals surface area (Å²) >= 11 is 1.26. The van der Waals surface area contributed by atoms with Crippen molar-refractivity contribution in [1.82, 2.24) is 4.90 Å². The lowest BCUT2D eigenvalue weighted by Crippen LogP contribution is -2.38. The molecule has 172 valence electrons. The van der Waals surface area contributed by atoms with E-state index in [9.17, 15) is 19.7 Å². The first-order valence-corrected chi connectivity index (χ1v) is 11.6. The summed E-state index contributed by atoms with van der Waals surface area (Å²) in [5.74, 6) is -0.576. The van der Waals surface area contributed by atoms with Crippen molar-refractivity contribution in [2.45, 2.75) is 37.5 Å². The van der Waals surface area contributed by atoms with Gasteiger partial charge < -0.3 is 10.1 Å². The summed E-state index contributed by atoms with van der Waals surface area (Å²) in [6, 6.07) is 13.4. The highest BCUT2D eigenvalue weighted by molar-refractivity contribution is 8.15. The summed E-state index contributed by atoms with van der Waals surface area (Å²) < 4.78 is 5.72. The van der Waals surface area contributed by atoms with E-state index in [1.807, 2.05) is 31.2 Å². The molecule has 2 heterocycles. The Kier molecular flexibility index (Phi) is 7.05. The number of thioether (sulfide) groups is 1. The second-order valence-electron chi connectivity index (χ2n) is 7.93. The Morgan fingerprint density at radius 2 is 2.12 bits per heavy atom. The highest BCUT2D eigenvalue weighted by Crippen LogP contribution is 2.33. The number of nitrogens with one attached hydrogen (secondary N) is 1. The number of nitro groups is 1. The SMILES string of the molecule is Cc1ccccc1N=C1SC(CC(=O)Nc2cccc([N+](=O)[O-])c2)C(=O)N1CC1CCCO1. The summed E-state index contributed by atoms with van der Waals surface area (Å²) in [5, 5.41) is 13.5. The Morgan fingerprint density at radius 3 is 2.85 bits per heavy atom. The molecule has 10 heteroatoms. The Bertz CT molecular complexity index is 1100. The number of nitrogens with zero attached hydrogens (tertiary/aromatic N) is 3. The lowest BCUT2D eigenvalue weighted by molar-refractivity contribution is -0.384. The molecule has 0 aliphatic carbocycles. The van der Waals surface area contributed by atoms with Crippen LogP contribution in [0.2, 0.25) is 0 Å². The number of carbonyl (C=O) groups is 2. The van der Waals surface area contributed by atoms with E-state index in [2.05, 4.69) is 5.32 Å². The summed E-state index contributed by atoms with van der Waals surface area (Å²) in [7, 11) is 0. The molecule has 2 atom stereocenters. The summed E-state index contributed by atoms with van der Waals surface area (Å²) in [4.78, 5) is 42.6. The van der Waals surface area contributed by atoms with Gasteiger partial charge in [0.1, 0.15) is 5.25 Å². The molecule has 2 aliphatic heterocycles. The predicted octanol–water partition coefficient (Wildman–Crippen LogP) is 4.04. The molecule has 0 radical (unpaired) electrons. The van der Waals surface area contributed by atoms with Crippen LogP contribution in [0, 0.1) is 17.0 Å². The van der Waals surface area contributed by atoms with Gasteiger partial charge >= 0.3 is 0 Å². The molecule has 2 saturated heterocycles. The van der Waals surface area contributed by atoms with Crippen LogP contribution >= 0.6 is 11.8 Å². The van der Waals surface area contributed by atoms with Gasteiger partial charge in [0.15, 0.2) is 5.17 Å². The number of rotatable bonds is 7. The minimum Gasteiger partial charge on any atom is -0.376 e. The molecule has 2 fully saturated rings. The van der Waals surface area contributed by atoms with Gasteiger partial charge in [0, 0.05) is 30.8 Å². The molecule has 2 aromatic carbocycles. The molecule has 9 nitrogen and oxygen atoms in total. The Labute approximate surface area is 195 Å². The van der Waals surface area contributed by atoms with Gasteiger partial charge in [0.05, 0.1) is 23.3 Å². The number of para-hydroxylation sites is 1. The highest BCUT2D eigenvalue weighted by atomic mass is 32.2. The third-order valence-electron chi connectivity index (χ3n) is 5.47. The average molecular weight is 469 g/mol. The number of amides is 2. The molecule has 2 aromatic rings. The number of anilines is 1. The average Bonchev–Trinajstić information content (AvgIpc) is 3.40. The van der Waals surface area contributed by atoms with Crippen molar-refractivity contribution in [3.05, 3.63) is 64.2 Å². The molecule has 0 aromatic heterocycles. The van der Waals surface area contributed by atoms with Gasteiger partial charge in [-0.3, -0.25) is 24.6 Å². The highest BCUT2D eigenvalue weighted by Gasteiger charge is 2.40. The standard InChI is InChI=1S/C23H24N4O5S/c1-15-6-2-3-10-19(15)25-23-26(14-18-9-5-11-32-18)22(29)20(33-23)13-21(28)24-16-7-4-8-17(12-16)27(30)31/h2-4,6-8,10,12,18,20H,5,9,11,13-14H2,1H3,(H,24,28). The van der Waals surface area contributed by atoms with Crippen molar-refractivity contribution >= 4 is 45.8 Å². The Morgan fingerprint density at radius 1 is 1.30 bits per heavy atom. The first-order chi connectivity index (χ1) is 15.9. The van der Waals surface area contributed by atoms with Crippen LogP contribution in [0.25, 0.3) is 0 Å². The van der Waals surface area contributed by atoms with Crippen molar-refractivity contribution in [2.24, 2.45) is 4.99 Å². The topological polar surface area (TPSA) is 114 Å². The first-order valence-electron chi connectivity index (χ1n) is 10.7. The number of hydrogen-bond donors (Lipinski definition) is 1. The number of nitro benzene ring substituents is 1. The van der Waals surface area contributed by atoms with Crippen LogP contribution in [-0.2, 0) is 14.3 Å². The molecule has 0 saturated carbocycles. The van der Waals surface area contributed by atoms with E-state index in [0.717, 1.165) is 24.1 Å². The predicted molar refractivity (Wildman–Crippen MR) is 127 cm³/mol. The number of carbonyl (C=O) groups excluding carboxylic acids is 2. The van der Waals surface area contributed by atoms with Crippen LogP contribution in [0.5, 0.6) is 0 Å². The van der Waals surface area contributed by atoms with Crippen molar-refractivity contribution < 1.29 is 19.2 Å². The summed E-state index contributed by atoms with van der Waals surface area (Å²) in [6.45, 7) is 3.04. The van der Waals surface area contributed by atoms with E-state index in [1.165, 1.54) is 30.0 Å². The quantitative estimate of drug-likeness (QED) is 0.484. The van der Waals surface area contributed by atoms with Gasteiger partial charge in [-0.1, -0.05) is 36.0 Å². The summed E-state index contributed by atoms with van der Waals surface area (Å²) in [6.07, 6.45) is 1.72. The number of benzene rings is 2. The Hall–Kier alpha value is -3.24. The second kappa shape index (κ2) is 10.1. The zero-order valence-corrected chi connectivity index (χ0v) is 18.9. The number of non-ortho nitro benzene ring substituents is 1. The fourth-order valence-electron chi connectivity index (χ4n) is 3.75. The van der Waals surface area contributed by atoms with Crippen LogP contribution in [0.3, 0.4) is 0 Å². The fraction of sp³-hybridized carbons (Fsp3) is 0.348. The second-order valence-corrected chi connectivity index (χ2v) is 9.10. The monoisotopic (exact) mass is 468 g/mol. The summed E-state index contributed by atoms with van der Waals surface area (Å²) in [5.41, 5.74) is 1.96. The van der Waals surface area contributed by atoms with E-state index < -0.39 is 16.1 Å². The molecule has 2 unspecified atom stereocenters. The molecule has 1 N–H and O–H groups in total.